The lowest BCUT2D eigenvalue weighted by Gasteiger charge is -2.33. The molecule has 1 fully saturated rings. The molecule has 6 heteroatoms. The van der Waals surface area contributed by atoms with Gasteiger partial charge in [0.1, 0.15) is 5.60 Å². The van der Waals surface area contributed by atoms with E-state index in [2.05, 4.69) is 11.9 Å². The van der Waals surface area contributed by atoms with E-state index < -0.39 is 5.60 Å². The number of methoxy groups -OCH3 is 1. The van der Waals surface area contributed by atoms with Crippen LogP contribution < -0.4 is 10.5 Å². The minimum absolute atomic E-state index is 0.237. The third kappa shape index (κ3) is 4.30. The summed E-state index contributed by atoms with van der Waals surface area (Å²) in [6.07, 6.45) is 2.38. The van der Waals surface area contributed by atoms with Gasteiger partial charge in [0, 0.05) is 19.0 Å². The highest BCUT2D eigenvalue weighted by molar-refractivity contribution is 5.68. The number of pyridine rings is 1. The topological polar surface area (TPSA) is 77.7 Å². The fraction of sp³-hybridized carbons (Fsp3) is 0.667. The first-order chi connectivity index (χ1) is 11.2. The van der Waals surface area contributed by atoms with Crippen molar-refractivity contribution in [3.63, 3.8) is 0 Å². The summed E-state index contributed by atoms with van der Waals surface area (Å²) < 4.78 is 10.7. The van der Waals surface area contributed by atoms with E-state index in [9.17, 15) is 4.79 Å². The first-order valence-electron chi connectivity index (χ1n) is 8.56. The first-order valence-corrected chi connectivity index (χ1v) is 8.56. The van der Waals surface area contributed by atoms with Crippen LogP contribution in [0.15, 0.2) is 6.07 Å². The number of rotatable bonds is 3. The monoisotopic (exact) mass is 335 g/mol. The van der Waals surface area contributed by atoms with E-state index in [1.165, 1.54) is 0 Å². The van der Waals surface area contributed by atoms with Gasteiger partial charge >= 0.3 is 6.09 Å². The van der Waals surface area contributed by atoms with Gasteiger partial charge in [-0.05, 0) is 51.7 Å². The number of nitrogen functional groups attached to an aromatic ring is 1. The van der Waals surface area contributed by atoms with Crippen molar-refractivity contribution in [2.75, 3.05) is 25.9 Å². The zero-order valence-corrected chi connectivity index (χ0v) is 15.4. The van der Waals surface area contributed by atoms with E-state index >= 15 is 0 Å². The smallest absolute Gasteiger partial charge is 0.410 e. The molecule has 0 radical (unpaired) electrons. The molecule has 1 saturated heterocycles. The minimum Gasteiger partial charge on any atom is -0.480 e. The lowest BCUT2D eigenvalue weighted by Crippen LogP contribution is -2.41. The Labute approximate surface area is 144 Å². The summed E-state index contributed by atoms with van der Waals surface area (Å²) in [5, 5.41) is 0. The van der Waals surface area contributed by atoms with Crippen LogP contribution >= 0.6 is 0 Å². The lowest BCUT2D eigenvalue weighted by atomic mass is 9.89. The lowest BCUT2D eigenvalue weighted by molar-refractivity contribution is 0.0204. The zero-order valence-electron chi connectivity index (χ0n) is 15.4. The summed E-state index contributed by atoms with van der Waals surface area (Å²) in [6, 6.07) is 1.96. The molecule has 0 aliphatic carbocycles. The molecule has 0 spiro atoms. The Hall–Kier alpha value is -1.98. The van der Waals surface area contributed by atoms with E-state index in [4.69, 9.17) is 15.2 Å². The molecular weight excluding hydrogens is 306 g/mol. The predicted octanol–water partition coefficient (Wildman–Crippen LogP) is 3.35. The number of nitrogens with zero attached hydrogens (tertiary/aromatic N) is 2. The number of ether oxygens (including phenoxy) is 2. The number of aryl methyl sites for hydroxylation is 1. The predicted molar refractivity (Wildman–Crippen MR) is 94.4 cm³/mol. The standard InChI is InChI=1S/C18H29N3O3/c1-6-12-11-14(19)16(23-5)20-15(12)13-7-9-21(10-8-13)17(22)24-18(2,3)4/h11,13H,6-10,19H2,1-5H3. The molecule has 1 aromatic rings. The summed E-state index contributed by atoms with van der Waals surface area (Å²) in [4.78, 5) is 18.6. The van der Waals surface area contributed by atoms with Crippen LogP contribution in [0.5, 0.6) is 5.88 Å². The quantitative estimate of drug-likeness (QED) is 0.916. The molecule has 1 aliphatic rings. The van der Waals surface area contributed by atoms with Gasteiger partial charge in [-0.25, -0.2) is 9.78 Å². The van der Waals surface area contributed by atoms with Crippen LogP contribution in [0.4, 0.5) is 10.5 Å². The van der Waals surface area contributed by atoms with Crippen molar-refractivity contribution in [3.8, 4) is 5.88 Å². The summed E-state index contributed by atoms with van der Waals surface area (Å²) in [7, 11) is 1.58. The van der Waals surface area contributed by atoms with Crippen LogP contribution in [0.2, 0.25) is 0 Å². The van der Waals surface area contributed by atoms with Crippen molar-refractivity contribution < 1.29 is 14.3 Å². The van der Waals surface area contributed by atoms with Crippen molar-refractivity contribution >= 4 is 11.8 Å². The number of anilines is 1. The molecular formula is C18H29N3O3. The molecule has 2 N–H and O–H groups in total. The average Bonchev–Trinajstić information content (AvgIpc) is 2.53. The molecule has 0 atom stereocenters. The Morgan fingerprint density at radius 2 is 2.00 bits per heavy atom. The molecule has 6 nitrogen and oxygen atoms in total. The molecule has 0 saturated carbocycles. The van der Waals surface area contributed by atoms with Gasteiger partial charge in [0.2, 0.25) is 5.88 Å². The van der Waals surface area contributed by atoms with Gasteiger partial charge in [0.15, 0.2) is 0 Å². The normalized spacial score (nSPS) is 16.1. The number of amides is 1. The van der Waals surface area contributed by atoms with Crippen molar-refractivity contribution in [2.45, 2.75) is 58.5 Å². The number of aromatic nitrogens is 1. The number of nitrogens with two attached hydrogens (primary N) is 1. The maximum atomic E-state index is 12.2. The Morgan fingerprint density at radius 3 is 2.50 bits per heavy atom. The molecule has 1 amide bonds. The highest BCUT2D eigenvalue weighted by atomic mass is 16.6. The molecule has 0 unspecified atom stereocenters. The maximum absolute atomic E-state index is 12.2. The van der Waals surface area contributed by atoms with Gasteiger partial charge in [-0.2, -0.15) is 0 Å². The second kappa shape index (κ2) is 7.28. The van der Waals surface area contributed by atoms with Crippen LogP contribution in [-0.2, 0) is 11.2 Å². The van der Waals surface area contributed by atoms with Crippen LogP contribution in [0.1, 0.15) is 57.7 Å². The number of hydrogen-bond acceptors (Lipinski definition) is 5. The summed E-state index contributed by atoms with van der Waals surface area (Å²) in [5.41, 5.74) is 8.28. The van der Waals surface area contributed by atoms with E-state index in [1.807, 2.05) is 26.8 Å². The van der Waals surface area contributed by atoms with Gasteiger partial charge in [-0.15, -0.1) is 0 Å². The number of likely N-dealkylation sites (tertiary alicyclic amines) is 1. The van der Waals surface area contributed by atoms with Gasteiger partial charge in [-0.1, -0.05) is 6.92 Å². The van der Waals surface area contributed by atoms with Gasteiger partial charge < -0.3 is 20.1 Å². The van der Waals surface area contributed by atoms with E-state index in [1.54, 1.807) is 12.0 Å². The summed E-state index contributed by atoms with van der Waals surface area (Å²) in [6.45, 7) is 9.11. The summed E-state index contributed by atoms with van der Waals surface area (Å²) in [5.74, 6) is 0.796. The Balaban J connectivity index is 2.08. The largest absolute Gasteiger partial charge is 0.480 e. The van der Waals surface area contributed by atoms with Crippen LogP contribution in [-0.4, -0.2) is 41.8 Å². The Kier molecular flexibility index (Phi) is 5.57. The van der Waals surface area contributed by atoms with Crippen molar-refractivity contribution in [3.05, 3.63) is 17.3 Å². The number of carbonyl (C=O) groups excluding carboxylic acids is 1. The van der Waals surface area contributed by atoms with Crippen LogP contribution in [0.3, 0.4) is 0 Å². The van der Waals surface area contributed by atoms with E-state index in [0.29, 0.717) is 30.6 Å². The average molecular weight is 335 g/mol. The fourth-order valence-electron chi connectivity index (χ4n) is 3.03. The summed E-state index contributed by atoms with van der Waals surface area (Å²) >= 11 is 0. The molecule has 1 aliphatic heterocycles. The number of carbonyl (C=O) groups is 1. The van der Waals surface area contributed by atoms with Crippen molar-refractivity contribution in [1.29, 1.82) is 0 Å². The van der Waals surface area contributed by atoms with Gasteiger partial charge in [-0.3, -0.25) is 0 Å². The minimum atomic E-state index is -0.463. The number of piperidine rings is 1. The SMILES string of the molecule is CCc1cc(N)c(OC)nc1C1CCN(C(=O)OC(C)(C)C)CC1. The molecule has 1 aromatic heterocycles. The molecule has 2 heterocycles. The molecule has 0 aromatic carbocycles. The Bertz CT molecular complexity index is 588. The molecule has 2 rings (SSSR count). The highest BCUT2D eigenvalue weighted by Crippen LogP contribution is 2.33. The maximum Gasteiger partial charge on any atom is 0.410 e. The zero-order chi connectivity index (χ0) is 17.9. The van der Waals surface area contributed by atoms with Gasteiger partial charge in [0.05, 0.1) is 18.5 Å². The fourth-order valence-corrected chi connectivity index (χ4v) is 3.03. The Morgan fingerprint density at radius 1 is 1.38 bits per heavy atom. The van der Waals surface area contributed by atoms with Crippen LogP contribution in [0, 0.1) is 0 Å². The second-order valence-corrected chi connectivity index (χ2v) is 7.23. The molecule has 24 heavy (non-hydrogen) atoms. The van der Waals surface area contributed by atoms with Crippen molar-refractivity contribution in [2.24, 2.45) is 0 Å². The third-order valence-corrected chi connectivity index (χ3v) is 4.24. The highest BCUT2D eigenvalue weighted by Gasteiger charge is 2.29. The van der Waals surface area contributed by atoms with Crippen molar-refractivity contribution in [1.82, 2.24) is 9.88 Å². The third-order valence-electron chi connectivity index (χ3n) is 4.24. The van der Waals surface area contributed by atoms with Crippen LogP contribution in [0.25, 0.3) is 0 Å². The molecule has 134 valence electrons. The molecule has 0 bridgehead atoms. The number of hydrogen-bond donors (Lipinski definition) is 1. The first kappa shape index (κ1) is 18.4. The second-order valence-electron chi connectivity index (χ2n) is 7.23. The van der Waals surface area contributed by atoms with E-state index in [0.717, 1.165) is 30.5 Å². The van der Waals surface area contributed by atoms with E-state index in [-0.39, 0.29) is 6.09 Å². The van der Waals surface area contributed by atoms with Gasteiger partial charge in [0.25, 0.3) is 0 Å².